The highest BCUT2D eigenvalue weighted by molar-refractivity contribution is 8.01. The Bertz CT molecular complexity index is 1300. The largest absolute Gasteiger partial charge is 0.477 e. The molecule has 0 radical (unpaired) electrons. The van der Waals surface area contributed by atoms with Gasteiger partial charge in [0.25, 0.3) is 11.8 Å². The summed E-state index contributed by atoms with van der Waals surface area (Å²) in [4.78, 5) is 55.9. The van der Waals surface area contributed by atoms with Crippen molar-refractivity contribution in [1.82, 2.24) is 25.2 Å². The number of thioether (sulfide) groups is 2. The van der Waals surface area contributed by atoms with Crippen LogP contribution in [0.4, 0.5) is 16.8 Å². The first-order chi connectivity index (χ1) is 17.1. The predicted octanol–water partition coefficient (Wildman–Crippen LogP) is 0.215. The average Bonchev–Trinajstić information content (AvgIpc) is 3.15. The molecule has 1 saturated heterocycles. The predicted molar refractivity (Wildman–Crippen MR) is 136 cm³/mol. The summed E-state index contributed by atoms with van der Waals surface area (Å²) in [6, 6.07) is 0.403. The average molecular weight is 572 g/mol. The van der Waals surface area contributed by atoms with E-state index in [0.717, 1.165) is 28.0 Å². The van der Waals surface area contributed by atoms with Gasteiger partial charge >= 0.3 is 5.97 Å². The highest BCUT2D eigenvalue weighted by atomic mass is 35.5. The second-order valence-electron chi connectivity index (χ2n) is 7.20. The highest BCUT2D eigenvalue weighted by Gasteiger charge is 2.54. The number of β-lactam (4-membered cyclic amide) rings is 1. The molecule has 4 heterocycles. The zero-order valence-corrected chi connectivity index (χ0v) is 21.5. The van der Waals surface area contributed by atoms with Gasteiger partial charge in [-0.1, -0.05) is 39.9 Å². The fourth-order valence-electron chi connectivity index (χ4n) is 3.43. The van der Waals surface area contributed by atoms with E-state index in [-0.39, 0.29) is 49.1 Å². The normalized spacial score (nSPS) is 19.6. The van der Waals surface area contributed by atoms with E-state index in [4.69, 9.17) is 33.6 Å². The highest BCUT2D eigenvalue weighted by Crippen LogP contribution is 2.41. The van der Waals surface area contributed by atoms with Gasteiger partial charge in [0.05, 0.1) is 0 Å². The van der Waals surface area contributed by atoms with Crippen molar-refractivity contribution < 1.29 is 24.3 Å². The summed E-state index contributed by atoms with van der Waals surface area (Å²) in [5.74, 6) is -1.78. The van der Waals surface area contributed by atoms with Crippen molar-refractivity contribution in [2.45, 2.75) is 16.6 Å². The number of rotatable bonds is 8. The van der Waals surface area contributed by atoms with Gasteiger partial charge in [-0.25, -0.2) is 19.7 Å². The number of thiazole rings is 1. The number of aliphatic carboxylic acids is 1. The zero-order valence-electron chi connectivity index (χ0n) is 18.3. The number of nitrogens with zero attached hydrogens (tertiary/aromatic N) is 5. The maximum atomic E-state index is 12.9. The first-order valence-corrected chi connectivity index (χ1v) is 13.1. The molecule has 18 heteroatoms. The van der Waals surface area contributed by atoms with Crippen LogP contribution in [0.5, 0.6) is 0 Å². The minimum atomic E-state index is -1.27. The van der Waals surface area contributed by atoms with Gasteiger partial charge < -0.3 is 32.5 Å². The molecular formula is C18H18ClN9O5S3. The SMILES string of the molecule is CO/N=C(/C(=O)NC1C(=O)N2C(C(=O)O)=C(CSc3nc(N)cc(N)n3)CS[C@H]12)c1nc(N)sc1Cl. The fourth-order valence-corrected chi connectivity index (χ4v) is 6.71. The molecule has 2 amide bonds. The molecule has 2 aliphatic heterocycles. The molecular weight excluding hydrogens is 554 g/mol. The lowest BCUT2D eigenvalue weighted by Crippen LogP contribution is -2.71. The van der Waals surface area contributed by atoms with Gasteiger partial charge in [0.15, 0.2) is 16.0 Å². The molecule has 190 valence electrons. The summed E-state index contributed by atoms with van der Waals surface area (Å²) < 4.78 is 0.121. The minimum Gasteiger partial charge on any atom is -0.477 e. The summed E-state index contributed by atoms with van der Waals surface area (Å²) in [5.41, 5.74) is 17.1. The summed E-state index contributed by atoms with van der Waals surface area (Å²) >= 11 is 9.48. The van der Waals surface area contributed by atoms with Crippen LogP contribution in [-0.2, 0) is 19.2 Å². The topological polar surface area (TPSA) is 225 Å². The molecule has 8 N–H and O–H groups in total. The Balaban J connectivity index is 1.51. The third kappa shape index (κ3) is 4.99. The molecule has 0 aromatic carbocycles. The van der Waals surface area contributed by atoms with Crippen LogP contribution in [0.2, 0.25) is 4.34 Å². The number of carbonyl (C=O) groups is 3. The summed E-state index contributed by atoms with van der Waals surface area (Å²) in [6.07, 6.45) is 0. The number of carboxylic acid groups (broad SMARTS) is 1. The molecule has 2 atom stereocenters. The number of oxime groups is 1. The summed E-state index contributed by atoms with van der Waals surface area (Å²) in [7, 11) is 1.23. The van der Waals surface area contributed by atoms with Crippen molar-refractivity contribution >= 4 is 86.7 Å². The van der Waals surface area contributed by atoms with Crippen molar-refractivity contribution in [3.63, 3.8) is 0 Å². The number of nitrogens with one attached hydrogen (secondary N) is 1. The van der Waals surface area contributed by atoms with E-state index in [2.05, 4.69) is 25.4 Å². The second kappa shape index (κ2) is 10.4. The number of fused-ring (bicyclic) bond motifs is 1. The second-order valence-corrected chi connectivity index (χ2v) is 10.9. The maximum Gasteiger partial charge on any atom is 0.352 e. The number of hydrogen-bond donors (Lipinski definition) is 5. The zero-order chi connectivity index (χ0) is 26.1. The maximum absolute atomic E-state index is 12.9. The van der Waals surface area contributed by atoms with Gasteiger partial charge in [-0.05, 0) is 5.57 Å². The van der Waals surface area contributed by atoms with Crippen LogP contribution in [-0.4, -0.2) is 78.5 Å². The third-order valence-corrected chi connectivity index (χ3v) is 8.24. The first-order valence-electron chi connectivity index (χ1n) is 9.87. The molecule has 2 aromatic heterocycles. The van der Waals surface area contributed by atoms with E-state index in [0.29, 0.717) is 11.3 Å². The number of carbonyl (C=O) groups excluding carboxylic acids is 2. The van der Waals surface area contributed by atoms with Gasteiger partial charge in [-0.15, -0.1) is 11.8 Å². The van der Waals surface area contributed by atoms with Crippen LogP contribution in [0.3, 0.4) is 0 Å². The Hall–Kier alpha value is -3.28. The molecule has 4 rings (SSSR count). The van der Waals surface area contributed by atoms with Crippen molar-refractivity contribution in [1.29, 1.82) is 0 Å². The van der Waals surface area contributed by atoms with Crippen molar-refractivity contribution in [3.05, 3.63) is 27.4 Å². The van der Waals surface area contributed by atoms with Crippen molar-refractivity contribution in [2.75, 3.05) is 35.8 Å². The van der Waals surface area contributed by atoms with Crippen LogP contribution in [0.15, 0.2) is 27.6 Å². The number of anilines is 3. The molecule has 0 saturated carbocycles. The number of nitrogen functional groups attached to an aromatic ring is 3. The van der Waals surface area contributed by atoms with Gasteiger partial charge in [0, 0.05) is 17.6 Å². The van der Waals surface area contributed by atoms with E-state index in [1.165, 1.54) is 24.9 Å². The number of amides is 2. The first kappa shape index (κ1) is 25.8. The number of halogens is 1. The summed E-state index contributed by atoms with van der Waals surface area (Å²) in [6.45, 7) is 0. The molecule has 2 aromatic rings. The van der Waals surface area contributed by atoms with Crippen LogP contribution >= 0.6 is 46.5 Å². The Kier molecular flexibility index (Phi) is 7.43. The van der Waals surface area contributed by atoms with Crippen LogP contribution < -0.4 is 22.5 Å². The molecule has 1 fully saturated rings. The molecule has 0 bridgehead atoms. The van der Waals surface area contributed by atoms with Crippen molar-refractivity contribution in [2.24, 2.45) is 5.16 Å². The number of carboxylic acids is 1. The lowest BCUT2D eigenvalue weighted by molar-refractivity contribution is -0.150. The minimum absolute atomic E-state index is 0.00767. The van der Waals surface area contributed by atoms with Gasteiger partial charge in [0.1, 0.15) is 45.9 Å². The number of hydrogen-bond acceptors (Lipinski definition) is 14. The van der Waals surface area contributed by atoms with Gasteiger partial charge in [-0.2, -0.15) is 0 Å². The standard InChI is InChI=1S/C18H18ClN9O5S3/c1-33-27-9(8-12(19)36-17(22)26-8)13(29)25-10-14(30)28-11(16(31)32)5(3-34-15(10)28)4-35-18-23-6(20)2-7(21)24-18/h2,10,15H,3-4H2,1H3,(H2,22,26)(H,25,29)(H,31,32)(H4,20,21,23,24)/b27-9+/t10?,15-/m1/s1. The molecule has 1 unspecified atom stereocenters. The van der Waals surface area contributed by atoms with E-state index < -0.39 is 29.2 Å². The Labute approximate surface area is 220 Å². The van der Waals surface area contributed by atoms with E-state index in [1.807, 2.05) is 0 Å². The van der Waals surface area contributed by atoms with E-state index >= 15 is 0 Å². The Morgan fingerprint density at radius 1 is 1.33 bits per heavy atom. The van der Waals surface area contributed by atoms with E-state index in [9.17, 15) is 19.5 Å². The molecule has 2 aliphatic rings. The van der Waals surface area contributed by atoms with Crippen LogP contribution in [0.1, 0.15) is 5.69 Å². The monoisotopic (exact) mass is 571 g/mol. The third-order valence-electron chi connectivity index (χ3n) is 4.88. The fraction of sp³-hybridized carbons (Fsp3) is 0.278. The van der Waals surface area contributed by atoms with Gasteiger partial charge in [-0.3, -0.25) is 14.5 Å². The van der Waals surface area contributed by atoms with Crippen LogP contribution in [0.25, 0.3) is 0 Å². The molecule has 14 nitrogen and oxygen atoms in total. The lowest BCUT2D eigenvalue weighted by atomic mass is 10.0. The Morgan fingerprint density at radius 2 is 2.03 bits per heavy atom. The molecule has 36 heavy (non-hydrogen) atoms. The number of nitrogens with two attached hydrogens (primary N) is 3. The van der Waals surface area contributed by atoms with Crippen LogP contribution in [0, 0.1) is 0 Å². The lowest BCUT2D eigenvalue weighted by Gasteiger charge is -2.49. The smallest absolute Gasteiger partial charge is 0.352 e. The Morgan fingerprint density at radius 3 is 2.61 bits per heavy atom. The summed E-state index contributed by atoms with van der Waals surface area (Å²) in [5, 5.41) is 15.8. The molecule has 0 aliphatic carbocycles. The van der Waals surface area contributed by atoms with Crippen molar-refractivity contribution in [3.8, 4) is 0 Å². The van der Waals surface area contributed by atoms with E-state index in [1.54, 1.807) is 0 Å². The molecule has 0 spiro atoms. The number of aromatic nitrogens is 3. The quantitative estimate of drug-likeness (QED) is 0.0940. The van der Waals surface area contributed by atoms with Gasteiger partial charge in [0.2, 0.25) is 0 Å².